The number of carbonyl (C=O) groups excluding carboxylic acids is 2. The van der Waals surface area contributed by atoms with E-state index in [1.54, 1.807) is 19.1 Å². The van der Waals surface area contributed by atoms with E-state index in [4.69, 9.17) is 18.9 Å². The molecule has 0 saturated carbocycles. The number of aryl methyl sites for hydroxylation is 1. The lowest BCUT2D eigenvalue weighted by Crippen LogP contribution is -2.62. The molecule has 7 N–H and O–H groups in total. The van der Waals surface area contributed by atoms with Crippen LogP contribution in [0.15, 0.2) is 42.0 Å². The highest BCUT2D eigenvalue weighted by atomic mass is 16.7. The van der Waals surface area contributed by atoms with Gasteiger partial charge in [-0.15, -0.1) is 0 Å². The number of benzene rings is 2. The Morgan fingerprint density at radius 3 is 2.54 bits per heavy atom. The van der Waals surface area contributed by atoms with E-state index in [1.165, 1.54) is 19.2 Å². The SMILES string of the molecule is COc1cc(/C=C(\C[C@H]2c3cc(CCO)ccc3CC[C@@H]2CO)C(=O)O[C@@H]2[C@H](OC(C)=O)[C@@H](O)[C@H](CNC[C@H](C)O)O[C@H]2O)ccc1O. The number of nitrogens with one attached hydrogen (secondary N) is 1. The van der Waals surface area contributed by atoms with E-state index in [2.05, 4.69) is 5.32 Å². The molecule has 0 unspecified atom stereocenters. The number of hydrogen-bond donors (Lipinski definition) is 7. The number of phenolic OH excluding ortho intramolecular Hbond substituents is 1. The summed E-state index contributed by atoms with van der Waals surface area (Å²) in [6, 6.07) is 10.5. The average Bonchev–Trinajstić information content (AvgIpc) is 3.05. The maximum Gasteiger partial charge on any atom is 0.334 e. The molecule has 2 aromatic carbocycles. The first-order chi connectivity index (χ1) is 22.9. The number of ether oxygens (including phenoxy) is 4. The Morgan fingerprint density at radius 1 is 1.10 bits per heavy atom. The zero-order valence-electron chi connectivity index (χ0n) is 27.4. The highest BCUT2D eigenvalue weighted by Crippen LogP contribution is 2.42. The normalized spacial score (nSPS) is 26.3. The van der Waals surface area contributed by atoms with E-state index in [0.717, 1.165) is 30.0 Å². The summed E-state index contributed by atoms with van der Waals surface area (Å²) in [5, 5.41) is 64.7. The van der Waals surface area contributed by atoms with E-state index in [9.17, 15) is 40.2 Å². The first kappa shape index (κ1) is 37.3. The van der Waals surface area contributed by atoms with Crippen LogP contribution in [0.2, 0.25) is 0 Å². The van der Waals surface area contributed by atoms with Crippen LogP contribution < -0.4 is 10.1 Å². The third-order valence-electron chi connectivity index (χ3n) is 8.81. The number of esters is 2. The number of carbonyl (C=O) groups is 2. The van der Waals surface area contributed by atoms with Crippen molar-refractivity contribution in [1.29, 1.82) is 0 Å². The van der Waals surface area contributed by atoms with Gasteiger partial charge in [-0.05, 0) is 84.9 Å². The van der Waals surface area contributed by atoms with Crippen molar-refractivity contribution in [3.8, 4) is 11.5 Å². The molecular weight excluding hydrogens is 626 g/mol. The summed E-state index contributed by atoms with van der Waals surface area (Å²) in [7, 11) is 1.39. The lowest BCUT2D eigenvalue weighted by atomic mass is 9.72. The second-order valence-corrected chi connectivity index (χ2v) is 12.4. The minimum atomic E-state index is -1.78. The summed E-state index contributed by atoms with van der Waals surface area (Å²) in [6.07, 6.45) is -4.62. The Balaban J connectivity index is 1.70. The first-order valence-corrected chi connectivity index (χ1v) is 16.1. The summed E-state index contributed by atoms with van der Waals surface area (Å²) >= 11 is 0. The Morgan fingerprint density at radius 2 is 1.88 bits per heavy atom. The molecule has 48 heavy (non-hydrogen) atoms. The molecule has 0 bridgehead atoms. The first-order valence-electron chi connectivity index (χ1n) is 16.1. The van der Waals surface area contributed by atoms with Crippen molar-refractivity contribution in [2.75, 3.05) is 33.4 Å². The molecule has 1 saturated heterocycles. The van der Waals surface area contributed by atoms with Crippen molar-refractivity contribution in [3.05, 3.63) is 64.2 Å². The molecule has 0 aromatic heterocycles. The zero-order chi connectivity index (χ0) is 35.0. The number of rotatable bonds is 14. The van der Waals surface area contributed by atoms with Gasteiger partial charge in [-0.2, -0.15) is 0 Å². The van der Waals surface area contributed by atoms with Gasteiger partial charge in [0.2, 0.25) is 0 Å². The predicted octanol–water partition coefficient (Wildman–Crippen LogP) is 0.940. The van der Waals surface area contributed by atoms with Gasteiger partial charge in [-0.3, -0.25) is 4.79 Å². The van der Waals surface area contributed by atoms with Gasteiger partial charge in [0.15, 0.2) is 30.0 Å². The van der Waals surface area contributed by atoms with Crippen LogP contribution in [-0.4, -0.2) is 113 Å². The van der Waals surface area contributed by atoms with Gasteiger partial charge in [0.1, 0.15) is 12.2 Å². The van der Waals surface area contributed by atoms with Gasteiger partial charge in [-0.25, -0.2) is 4.79 Å². The second-order valence-electron chi connectivity index (χ2n) is 12.4. The van der Waals surface area contributed by atoms with E-state index in [0.29, 0.717) is 18.4 Å². The van der Waals surface area contributed by atoms with Crippen LogP contribution in [-0.2, 0) is 36.6 Å². The lowest BCUT2D eigenvalue weighted by Gasteiger charge is -2.42. The molecule has 2 aliphatic rings. The number of aliphatic hydroxyl groups excluding tert-OH is 5. The summed E-state index contributed by atoms with van der Waals surface area (Å²) < 4.78 is 22.0. The van der Waals surface area contributed by atoms with Crippen molar-refractivity contribution in [2.24, 2.45) is 5.92 Å². The molecule has 8 atom stereocenters. The van der Waals surface area contributed by atoms with Gasteiger partial charge in [-0.1, -0.05) is 24.3 Å². The van der Waals surface area contributed by atoms with Crippen molar-refractivity contribution < 1.29 is 59.2 Å². The largest absolute Gasteiger partial charge is 0.504 e. The number of fused-ring (bicyclic) bond motifs is 1. The van der Waals surface area contributed by atoms with Crippen molar-refractivity contribution in [3.63, 3.8) is 0 Å². The third-order valence-corrected chi connectivity index (χ3v) is 8.81. The van der Waals surface area contributed by atoms with Gasteiger partial charge in [0, 0.05) is 38.8 Å². The quantitative estimate of drug-likeness (QED) is 0.110. The maximum atomic E-state index is 14.1. The van der Waals surface area contributed by atoms with Gasteiger partial charge in [0.05, 0.1) is 13.2 Å². The summed E-state index contributed by atoms with van der Waals surface area (Å²) in [5.74, 6) is -2.13. The number of aromatic hydroxyl groups is 1. The Bertz CT molecular complexity index is 1430. The molecule has 2 aromatic rings. The standard InChI is InChI=1S/C35H47NO12/c1-19(39)16-36-17-30-31(42)32(46-20(2)40)33(35(44)47-30)48-34(43)25(12-22-5-9-28(41)29(14-22)45-3)15-27-24(18-38)8-7-23-6-4-21(10-11-37)13-26(23)27/h4-6,9,12-14,19,24,27,30-33,35-39,41-42,44H,7-8,10-11,15-18H2,1-3H3/b25-12+/t19-,24+,27+,30-,31-,32+,33+,35+/m0/s1. The maximum absolute atomic E-state index is 14.1. The summed E-state index contributed by atoms with van der Waals surface area (Å²) in [5.41, 5.74) is 3.54. The van der Waals surface area contributed by atoms with Crippen LogP contribution in [0.4, 0.5) is 0 Å². The Kier molecular flexibility index (Phi) is 13.4. The molecular formula is C35H47NO12. The Hall–Kier alpha value is -3.56. The number of hydrogen-bond acceptors (Lipinski definition) is 13. The van der Waals surface area contributed by atoms with Gasteiger partial charge >= 0.3 is 11.9 Å². The smallest absolute Gasteiger partial charge is 0.334 e. The fraction of sp³-hybridized carbons (Fsp3) is 0.543. The van der Waals surface area contributed by atoms with Crippen molar-refractivity contribution >= 4 is 18.0 Å². The topological polar surface area (TPSA) is 204 Å². The minimum absolute atomic E-state index is 0.00268. The lowest BCUT2D eigenvalue weighted by molar-refractivity contribution is -0.287. The van der Waals surface area contributed by atoms with Crippen LogP contribution in [0, 0.1) is 5.92 Å². The van der Waals surface area contributed by atoms with Crippen LogP contribution in [0.25, 0.3) is 6.08 Å². The van der Waals surface area contributed by atoms with Crippen LogP contribution in [0.5, 0.6) is 11.5 Å². The fourth-order valence-corrected chi connectivity index (χ4v) is 6.38. The molecule has 0 amide bonds. The molecule has 1 aliphatic heterocycles. The molecule has 13 heteroatoms. The molecule has 1 fully saturated rings. The average molecular weight is 674 g/mol. The van der Waals surface area contributed by atoms with Gasteiger partial charge < -0.3 is 54.9 Å². The van der Waals surface area contributed by atoms with E-state index >= 15 is 0 Å². The fourth-order valence-electron chi connectivity index (χ4n) is 6.38. The molecule has 4 rings (SSSR count). The van der Waals surface area contributed by atoms with Crippen LogP contribution >= 0.6 is 0 Å². The molecule has 1 heterocycles. The van der Waals surface area contributed by atoms with Crippen LogP contribution in [0.3, 0.4) is 0 Å². The zero-order valence-corrected chi connectivity index (χ0v) is 27.4. The predicted molar refractivity (Wildman–Crippen MR) is 173 cm³/mol. The summed E-state index contributed by atoms with van der Waals surface area (Å²) in [6.45, 7) is 2.70. The van der Waals surface area contributed by atoms with Crippen LogP contribution in [0.1, 0.15) is 54.9 Å². The minimum Gasteiger partial charge on any atom is -0.504 e. The van der Waals surface area contributed by atoms with Gasteiger partial charge in [0.25, 0.3) is 0 Å². The number of methoxy groups -OCH3 is 1. The Labute approximate surface area is 279 Å². The third kappa shape index (κ3) is 9.32. The number of aliphatic hydroxyl groups is 5. The van der Waals surface area contributed by atoms with E-state index in [1.807, 2.05) is 18.2 Å². The monoisotopic (exact) mass is 673 g/mol. The molecule has 13 nitrogen and oxygen atoms in total. The number of phenols is 1. The molecule has 0 spiro atoms. The molecule has 264 valence electrons. The van der Waals surface area contributed by atoms with Crippen molar-refractivity contribution in [2.45, 2.75) is 82.3 Å². The molecule has 1 aliphatic carbocycles. The van der Waals surface area contributed by atoms with E-state index < -0.39 is 48.7 Å². The second kappa shape index (κ2) is 17.2. The summed E-state index contributed by atoms with van der Waals surface area (Å²) in [4.78, 5) is 26.2. The highest BCUT2D eigenvalue weighted by Gasteiger charge is 2.49. The van der Waals surface area contributed by atoms with E-state index in [-0.39, 0.29) is 61.6 Å². The molecule has 0 radical (unpaired) electrons. The van der Waals surface area contributed by atoms with Crippen molar-refractivity contribution in [1.82, 2.24) is 5.32 Å². The highest BCUT2D eigenvalue weighted by molar-refractivity contribution is 5.94.